The van der Waals surface area contributed by atoms with Crippen molar-refractivity contribution >= 4 is 17.0 Å². The Morgan fingerprint density at radius 3 is 2.34 bits per heavy atom. The fourth-order valence-electron chi connectivity index (χ4n) is 4.35. The zero-order valence-electron chi connectivity index (χ0n) is 15.7. The van der Waals surface area contributed by atoms with Gasteiger partial charge in [-0.2, -0.15) is 0 Å². The number of aromatic nitrogens is 4. The molecule has 7 rings (SSSR count). The number of rotatable bonds is 3. The van der Waals surface area contributed by atoms with E-state index in [0.717, 1.165) is 47.1 Å². The van der Waals surface area contributed by atoms with Crippen LogP contribution in [0.3, 0.4) is 0 Å². The molecule has 0 amide bonds. The second-order valence-corrected chi connectivity index (χ2v) is 7.70. The zero-order chi connectivity index (χ0) is 19.4. The normalized spacial score (nSPS) is 20.7. The van der Waals surface area contributed by atoms with E-state index in [0.29, 0.717) is 12.1 Å². The highest BCUT2D eigenvalue weighted by Gasteiger charge is 2.37. The standard InChI is InChI=1S/C22H19FN6/c23-15-3-1-14(2-4-15)21-26-19-5-6-20(28-12-16-11-17(13-28)25-16)27-22(19)29(21)18-7-9-24-10-8-18/h1-10,16-17,25H,11-13H2. The van der Waals surface area contributed by atoms with E-state index in [2.05, 4.69) is 15.2 Å². The predicted molar refractivity (Wildman–Crippen MR) is 110 cm³/mol. The lowest BCUT2D eigenvalue weighted by atomic mass is 9.91. The summed E-state index contributed by atoms with van der Waals surface area (Å²) in [5.41, 5.74) is 3.37. The van der Waals surface area contributed by atoms with Crippen molar-refractivity contribution in [1.82, 2.24) is 24.8 Å². The molecule has 2 unspecified atom stereocenters. The van der Waals surface area contributed by atoms with Crippen molar-refractivity contribution in [2.24, 2.45) is 0 Å². The van der Waals surface area contributed by atoms with E-state index in [1.165, 1.54) is 18.6 Å². The van der Waals surface area contributed by atoms with Gasteiger partial charge in [0.15, 0.2) is 5.65 Å². The van der Waals surface area contributed by atoms with Crippen molar-refractivity contribution in [2.45, 2.75) is 18.5 Å². The molecule has 0 saturated carbocycles. The fraction of sp³-hybridized carbons (Fsp3) is 0.227. The number of nitrogens with one attached hydrogen (secondary N) is 1. The van der Waals surface area contributed by atoms with Crippen molar-refractivity contribution in [3.05, 3.63) is 66.7 Å². The Bertz CT molecular complexity index is 1170. The highest BCUT2D eigenvalue weighted by molar-refractivity contribution is 5.81. The Morgan fingerprint density at radius 1 is 0.897 bits per heavy atom. The Labute approximate surface area is 167 Å². The maximum atomic E-state index is 13.5. The topological polar surface area (TPSA) is 58.9 Å². The summed E-state index contributed by atoms with van der Waals surface area (Å²) in [7, 11) is 0. The lowest BCUT2D eigenvalue weighted by molar-refractivity contribution is 0.225. The van der Waals surface area contributed by atoms with Gasteiger partial charge in [-0.05, 0) is 55.0 Å². The highest BCUT2D eigenvalue weighted by atomic mass is 19.1. The molecule has 29 heavy (non-hydrogen) atoms. The van der Waals surface area contributed by atoms with Gasteiger partial charge < -0.3 is 10.2 Å². The lowest BCUT2D eigenvalue weighted by Gasteiger charge is -2.48. The second kappa shape index (κ2) is 6.35. The maximum Gasteiger partial charge on any atom is 0.167 e. The summed E-state index contributed by atoms with van der Waals surface area (Å²) in [6.45, 7) is 1.95. The molecule has 3 aliphatic rings. The molecule has 1 aromatic carbocycles. The smallest absolute Gasteiger partial charge is 0.167 e. The quantitative estimate of drug-likeness (QED) is 0.586. The van der Waals surface area contributed by atoms with Crippen LogP contribution in [0.2, 0.25) is 0 Å². The number of hydrogen-bond acceptors (Lipinski definition) is 5. The van der Waals surface area contributed by atoms with Crippen LogP contribution < -0.4 is 10.2 Å². The van der Waals surface area contributed by atoms with Crippen LogP contribution in [-0.4, -0.2) is 44.7 Å². The van der Waals surface area contributed by atoms with E-state index in [1.807, 2.05) is 28.8 Å². The first-order valence-corrected chi connectivity index (χ1v) is 9.81. The summed E-state index contributed by atoms with van der Waals surface area (Å²) in [5, 5.41) is 3.56. The number of fused-ring (bicyclic) bond motifs is 3. The molecule has 0 radical (unpaired) electrons. The molecular weight excluding hydrogens is 367 g/mol. The number of anilines is 1. The first-order valence-electron chi connectivity index (χ1n) is 9.81. The van der Waals surface area contributed by atoms with Crippen LogP contribution in [0.1, 0.15) is 6.42 Å². The van der Waals surface area contributed by atoms with Gasteiger partial charge in [-0.1, -0.05) is 0 Å². The van der Waals surface area contributed by atoms with Gasteiger partial charge >= 0.3 is 0 Å². The Kier molecular flexibility index (Phi) is 3.64. The summed E-state index contributed by atoms with van der Waals surface area (Å²) in [6.07, 6.45) is 4.76. The summed E-state index contributed by atoms with van der Waals surface area (Å²) in [6, 6.07) is 15.5. The molecule has 0 spiro atoms. The molecule has 144 valence electrons. The van der Waals surface area contributed by atoms with E-state index in [1.54, 1.807) is 24.5 Å². The zero-order valence-corrected chi connectivity index (χ0v) is 15.7. The summed E-state index contributed by atoms with van der Waals surface area (Å²) >= 11 is 0. The largest absolute Gasteiger partial charge is 0.353 e. The average molecular weight is 386 g/mol. The van der Waals surface area contributed by atoms with E-state index < -0.39 is 0 Å². The van der Waals surface area contributed by atoms with Gasteiger partial charge in [0.2, 0.25) is 0 Å². The number of halogens is 1. The van der Waals surface area contributed by atoms with Gasteiger partial charge in [0.25, 0.3) is 0 Å². The number of hydrogen-bond donors (Lipinski definition) is 1. The molecule has 7 heteroatoms. The minimum atomic E-state index is -0.266. The number of imidazole rings is 1. The SMILES string of the molecule is Fc1ccc(-c2nc3ccc(N4CC5CC(C4)N5)nc3n2-c2ccncc2)cc1. The number of nitrogens with zero attached hydrogens (tertiary/aromatic N) is 5. The molecular formula is C22H19FN6. The minimum absolute atomic E-state index is 0.266. The Balaban J connectivity index is 1.53. The third-order valence-corrected chi connectivity index (χ3v) is 5.76. The molecule has 6 heterocycles. The summed E-state index contributed by atoms with van der Waals surface area (Å²) in [5.74, 6) is 1.44. The molecule has 4 aromatic rings. The molecule has 0 aliphatic carbocycles. The number of benzene rings is 1. The van der Waals surface area contributed by atoms with Crippen LogP contribution >= 0.6 is 0 Å². The third-order valence-electron chi connectivity index (χ3n) is 5.76. The van der Waals surface area contributed by atoms with E-state index in [-0.39, 0.29) is 5.82 Å². The molecule has 2 bridgehead atoms. The van der Waals surface area contributed by atoms with Crippen molar-refractivity contribution in [3.63, 3.8) is 0 Å². The average Bonchev–Trinajstić information content (AvgIpc) is 3.13. The molecule has 3 fully saturated rings. The minimum Gasteiger partial charge on any atom is -0.353 e. The molecule has 3 saturated heterocycles. The van der Waals surface area contributed by atoms with Gasteiger partial charge in [-0.3, -0.25) is 9.55 Å². The van der Waals surface area contributed by atoms with Crippen molar-refractivity contribution in [3.8, 4) is 17.1 Å². The molecule has 3 aromatic heterocycles. The first kappa shape index (κ1) is 16.6. The molecule has 3 aliphatic heterocycles. The van der Waals surface area contributed by atoms with E-state index in [9.17, 15) is 4.39 Å². The molecule has 1 N–H and O–H groups in total. The van der Waals surface area contributed by atoms with Gasteiger partial charge in [-0.25, -0.2) is 14.4 Å². The Hall–Kier alpha value is -3.32. The van der Waals surface area contributed by atoms with Crippen LogP contribution in [0.15, 0.2) is 60.9 Å². The van der Waals surface area contributed by atoms with Crippen molar-refractivity contribution < 1.29 is 4.39 Å². The van der Waals surface area contributed by atoms with Crippen LogP contribution in [0.5, 0.6) is 0 Å². The van der Waals surface area contributed by atoms with Gasteiger partial charge in [0, 0.05) is 43.1 Å². The predicted octanol–water partition coefficient (Wildman–Crippen LogP) is 3.17. The first-order chi connectivity index (χ1) is 14.2. The van der Waals surface area contributed by atoms with Crippen LogP contribution in [0.4, 0.5) is 10.2 Å². The number of piperidine rings is 1. The molecule has 6 nitrogen and oxygen atoms in total. The van der Waals surface area contributed by atoms with E-state index in [4.69, 9.17) is 9.97 Å². The van der Waals surface area contributed by atoms with Crippen LogP contribution in [-0.2, 0) is 0 Å². The van der Waals surface area contributed by atoms with Crippen molar-refractivity contribution in [2.75, 3.05) is 18.0 Å². The van der Waals surface area contributed by atoms with Crippen LogP contribution in [0, 0.1) is 5.82 Å². The van der Waals surface area contributed by atoms with Gasteiger partial charge in [-0.15, -0.1) is 0 Å². The summed E-state index contributed by atoms with van der Waals surface area (Å²) < 4.78 is 15.5. The molecule has 2 atom stereocenters. The summed E-state index contributed by atoms with van der Waals surface area (Å²) in [4.78, 5) is 16.3. The number of pyridine rings is 2. The Morgan fingerprint density at radius 2 is 1.62 bits per heavy atom. The third kappa shape index (κ3) is 2.77. The fourth-order valence-corrected chi connectivity index (χ4v) is 4.35. The van der Waals surface area contributed by atoms with E-state index >= 15 is 0 Å². The van der Waals surface area contributed by atoms with Crippen molar-refractivity contribution in [1.29, 1.82) is 0 Å². The van der Waals surface area contributed by atoms with Crippen LogP contribution in [0.25, 0.3) is 28.2 Å². The highest BCUT2D eigenvalue weighted by Crippen LogP contribution is 2.31. The lowest BCUT2D eigenvalue weighted by Crippen LogP contribution is -2.67. The number of piperazine rings is 1. The van der Waals surface area contributed by atoms with Gasteiger partial charge in [0.05, 0.1) is 5.69 Å². The maximum absolute atomic E-state index is 13.5. The van der Waals surface area contributed by atoms with Gasteiger partial charge in [0.1, 0.15) is 23.0 Å². The second-order valence-electron chi connectivity index (χ2n) is 7.70. The monoisotopic (exact) mass is 386 g/mol.